The summed E-state index contributed by atoms with van der Waals surface area (Å²) < 4.78 is 15.5. The van der Waals surface area contributed by atoms with Gasteiger partial charge in [0.25, 0.3) is 0 Å². The number of benzene rings is 2. The van der Waals surface area contributed by atoms with Crippen molar-refractivity contribution in [3.05, 3.63) is 52.5 Å². The number of hydrogen-bond acceptors (Lipinski definition) is 5. The Morgan fingerprint density at radius 1 is 0.957 bits per heavy atom. The molecule has 0 unspecified atom stereocenters. The van der Waals surface area contributed by atoms with Crippen molar-refractivity contribution in [2.45, 2.75) is 6.92 Å². The molecule has 0 N–H and O–H groups in total. The van der Waals surface area contributed by atoms with Gasteiger partial charge in [-0.25, -0.2) is 4.79 Å². The molecule has 2 aromatic rings. The zero-order chi connectivity index (χ0) is 17.0. The maximum atomic E-state index is 12.2. The van der Waals surface area contributed by atoms with Crippen molar-refractivity contribution >= 4 is 23.4 Å². The van der Waals surface area contributed by atoms with Crippen molar-refractivity contribution in [2.75, 3.05) is 14.2 Å². The van der Waals surface area contributed by atoms with Crippen LogP contribution in [0.1, 0.15) is 27.6 Å². The molecule has 120 valence electrons. The van der Waals surface area contributed by atoms with Crippen molar-refractivity contribution in [3.63, 3.8) is 0 Å². The van der Waals surface area contributed by atoms with Crippen LogP contribution in [0.5, 0.6) is 17.2 Å². The van der Waals surface area contributed by atoms with Gasteiger partial charge in [0.15, 0.2) is 17.3 Å². The smallest absolute Gasteiger partial charge is 0.343 e. The predicted octanol–water partition coefficient (Wildman–Crippen LogP) is 3.78. The third kappa shape index (κ3) is 3.81. The fraction of sp³-hybridized carbons (Fsp3) is 0.176. The third-order valence-electron chi connectivity index (χ3n) is 3.14. The number of esters is 1. The summed E-state index contributed by atoms with van der Waals surface area (Å²) in [7, 11) is 2.90. The maximum Gasteiger partial charge on any atom is 0.343 e. The van der Waals surface area contributed by atoms with Gasteiger partial charge < -0.3 is 14.2 Å². The van der Waals surface area contributed by atoms with E-state index in [2.05, 4.69) is 0 Å². The van der Waals surface area contributed by atoms with Gasteiger partial charge in [-0.3, -0.25) is 4.79 Å². The van der Waals surface area contributed by atoms with Crippen LogP contribution >= 0.6 is 11.6 Å². The molecule has 6 heteroatoms. The Morgan fingerprint density at radius 2 is 1.61 bits per heavy atom. The first-order valence-electron chi connectivity index (χ1n) is 6.71. The highest BCUT2D eigenvalue weighted by Gasteiger charge is 2.16. The normalized spacial score (nSPS) is 10.1. The van der Waals surface area contributed by atoms with E-state index in [9.17, 15) is 9.59 Å². The van der Waals surface area contributed by atoms with E-state index in [-0.39, 0.29) is 16.4 Å². The van der Waals surface area contributed by atoms with Gasteiger partial charge in [0.05, 0.1) is 24.8 Å². The van der Waals surface area contributed by atoms with Gasteiger partial charge in [0.2, 0.25) is 0 Å². The molecule has 2 aromatic carbocycles. The lowest BCUT2D eigenvalue weighted by Crippen LogP contribution is -2.09. The lowest BCUT2D eigenvalue weighted by molar-refractivity contribution is 0.0734. The lowest BCUT2D eigenvalue weighted by Gasteiger charge is -2.11. The maximum absolute atomic E-state index is 12.2. The SMILES string of the molecule is COc1cc(C(=O)Oc2ccc(C(C)=O)cc2)cc(Cl)c1OC. The average Bonchev–Trinajstić information content (AvgIpc) is 2.54. The Kier molecular flexibility index (Phi) is 5.24. The number of carbonyl (C=O) groups is 2. The number of methoxy groups -OCH3 is 2. The fourth-order valence-corrected chi connectivity index (χ4v) is 2.25. The molecule has 0 spiro atoms. The second-order valence-electron chi connectivity index (χ2n) is 4.66. The highest BCUT2D eigenvalue weighted by Crippen LogP contribution is 2.36. The monoisotopic (exact) mass is 334 g/mol. The molecule has 0 radical (unpaired) electrons. The Bertz CT molecular complexity index is 737. The molecule has 0 aliphatic rings. The molecule has 0 heterocycles. The van der Waals surface area contributed by atoms with Crippen molar-refractivity contribution in [3.8, 4) is 17.2 Å². The molecule has 23 heavy (non-hydrogen) atoms. The third-order valence-corrected chi connectivity index (χ3v) is 3.42. The van der Waals surface area contributed by atoms with Crippen LogP contribution in [0.3, 0.4) is 0 Å². The van der Waals surface area contributed by atoms with E-state index in [1.807, 2.05) is 0 Å². The van der Waals surface area contributed by atoms with E-state index in [4.69, 9.17) is 25.8 Å². The van der Waals surface area contributed by atoms with Crippen LogP contribution in [0.15, 0.2) is 36.4 Å². The quantitative estimate of drug-likeness (QED) is 0.473. The predicted molar refractivity (Wildman–Crippen MR) is 86.0 cm³/mol. The molecule has 0 aromatic heterocycles. The highest BCUT2D eigenvalue weighted by atomic mass is 35.5. The first-order chi connectivity index (χ1) is 11.0. The standard InChI is InChI=1S/C17H15ClO5/c1-10(19)11-4-6-13(7-5-11)23-17(20)12-8-14(18)16(22-3)15(9-12)21-2/h4-9H,1-3H3. The van der Waals surface area contributed by atoms with E-state index in [0.29, 0.717) is 22.8 Å². The molecule has 0 aliphatic carbocycles. The molecular weight excluding hydrogens is 320 g/mol. The molecule has 0 amide bonds. The zero-order valence-corrected chi connectivity index (χ0v) is 13.6. The molecule has 0 saturated heterocycles. The summed E-state index contributed by atoms with van der Waals surface area (Å²) in [5.41, 5.74) is 0.766. The molecule has 0 bridgehead atoms. The summed E-state index contributed by atoms with van der Waals surface area (Å²) in [6.45, 7) is 1.46. The van der Waals surface area contributed by atoms with Crippen LogP contribution in [0, 0.1) is 0 Å². The van der Waals surface area contributed by atoms with E-state index >= 15 is 0 Å². The Morgan fingerprint density at radius 3 is 2.13 bits per heavy atom. The summed E-state index contributed by atoms with van der Waals surface area (Å²) in [4.78, 5) is 23.4. The molecule has 2 rings (SSSR count). The minimum absolute atomic E-state index is 0.0606. The minimum Gasteiger partial charge on any atom is -0.493 e. The van der Waals surface area contributed by atoms with E-state index in [1.54, 1.807) is 24.3 Å². The van der Waals surface area contributed by atoms with Crippen LogP contribution in [0.2, 0.25) is 5.02 Å². The molecule has 5 nitrogen and oxygen atoms in total. The lowest BCUT2D eigenvalue weighted by atomic mass is 10.1. The molecule has 0 atom stereocenters. The molecule has 0 saturated carbocycles. The number of ether oxygens (including phenoxy) is 3. The van der Waals surface area contributed by atoms with Crippen LogP contribution in [-0.2, 0) is 0 Å². The van der Waals surface area contributed by atoms with E-state index < -0.39 is 5.97 Å². The Labute approximate surface area is 138 Å². The number of Topliss-reactive ketones (excluding diaryl/α,β-unsaturated/α-hetero) is 1. The van der Waals surface area contributed by atoms with E-state index in [0.717, 1.165) is 0 Å². The number of carbonyl (C=O) groups excluding carboxylic acids is 2. The van der Waals surface area contributed by atoms with Gasteiger partial charge in [0, 0.05) is 5.56 Å². The van der Waals surface area contributed by atoms with Gasteiger partial charge in [0.1, 0.15) is 5.75 Å². The summed E-state index contributed by atoms with van der Waals surface area (Å²) in [5.74, 6) is 0.347. The van der Waals surface area contributed by atoms with Crippen LogP contribution in [-0.4, -0.2) is 26.0 Å². The fourth-order valence-electron chi connectivity index (χ4n) is 1.96. The van der Waals surface area contributed by atoms with Crippen LogP contribution in [0.25, 0.3) is 0 Å². The average molecular weight is 335 g/mol. The van der Waals surface area contributed by atoms with Crippen LogP contribution in [0.4, 0.5) is 0 Å². The molecule has 0 aliphatic heterocycles. The van der Waals surface area contributed by atoms with Crippen molar-refractivity contribution in [1.82, 2.24) is 0 Å². The number of ketones is 1. The summed E-state index contributed by atoms with van der Waals surface area (Å²) in [5, 5.41) is 0.241. The van der Waals surface area contributed by atoms with Crippen LogP contribution < -0.4 is 14.2 Å². The van der Waals surface area contributed by atoms with Gasteiger partial charge in [-0.1, -0.05) is 11.6 Å². The van der Waals surface area contributed by atoms with Gasteiger partial charge in [-0.15, -0.1) is 0 Å². The number of halogens is 1. The summed E-state index contributed by atoms with van der Waals surface area (Å²) in [6, 6.07) is 9.21. The number of hydrogen-bond donors (Lipinski definition) is 0. The minimum atomic E-state index is -0.594. The summed E-state index contributed by atoms with van der Waals surface area (Å²) >= 11 is 6.07. The van der Waals surface area contributed by atoms with Gasteiger partial charge in [-0.05, 0) is 43.3 Å². The summed E-state index contributed by atoms with van der Waals surface area (Å²) in [6.07, 6.45) is 0. The zero-order valence-electron chi connectivity index (χ0n) is 12.9. The Hall–Kier alpha value is -2.53. The second kappa shape index (κ2) is 7.15. The van der Waals surface area contributed by atoms with E-state index in [1.165, 1.54) is 33.3 Å². The topological polar surface area (TPSA) is 61.8 Å². The highest BCUT2D eigenvalue weighted by molar-refractivity contribution is 6.32. The first-order valence-corrected chi connectivity index (χ1v) is 7.08. The molecule has 0 fully saturated rings. The Balaban J connectivity index is 2.23. The number of rotatable bonds is 5. The largest absolute Gasteiger partial charge is 0.493 e. The van der Waals surface area contributed by atoms with Gasteiger partial charge in [-0.2, -0.15) is 0 Å². The van der Waals surface area contributed by atoms with Crippen molar-refractivity contribution in [1.29, 1.82) is 0 Å². The van der Waals surface area contributed by atoms with Crippen molar-refractivity contribution < 1.29 is 23.8 Å². The van der Waals surface area contributed by atoms with Gasteiger partial charge >= 0.3 is 5.97 Å². The second-order valence-corrected chi connectivity index (χ2v) is 5.07. The molecular formula is C17H15ClO5. The first kappa shape index (κ1) is 16.8. The van der Waals surface area contributed by atoms with Crippen molar-refractivity contribution in [2.24, 2.45) is 0 Å².